The number of hydrazone groups is 1. The van der Waals surface area contributed by atoms with Crippen LogP contribution in [0.2, 0.25) is 0 Å². The van der Waals surface area contributed by atoms with Gasteiger partial charge in [-0.05, 0) is 48.3 Å². The van der Waals surface area contributed by atoms with Crippen molar-refractivity contribution in [1.82, 2.24) is 16.3 Å². The van der Waals surface area contributed by atoms with E-state index in [-0.39, 0.29) is 29.0 Å². The van der Waals surface area contributed by atoms with Crippen LogP contribution in [0.4, 0.5) is 5.69 Å². The zero-order valence-corrected chi connectivity index (χ0v) is 16.6. The number of rotatable bonds is 6. The van der Waals surface area contributed by atoms with E-state index in [9.17, 15) is 14.9 Å². The molecule has 2 fully saturated rings. The van der Waals surface area contributed by atoms with E-state index in [1.165, 1.54) is 24.8 Å². The Labute approximate surface area is 165 Å². The van der Waals surface area contributed by atoms with Crippen LogP contribution in [0, 0.1) is 27.4 Å². The first kappa shape index (κ1) is 20.4. The second-order valence-corrected chi connectivity index (χ2v) is 8.47. The second-order valence-electron chi connectivity index (χ2n) is 8.47. The molecule has 1 aliphatic heterocycles. The number of non-ortho nitro benzene ring substituents is 1. The lowest BCUT2D eigenvalue weighted by atomic mass is 9.65. The number of benzene rings is 1. The number of nitro groups is 1. The summed E-state index contributed by atoms with van der Waals surface area (Å²) in [5, 5.41) is 14.7. The molecule has 0 aromatic heterocycles. The summed E-state index contributed by atoms with van der Waals surface area (Å²) in [6.07, 6.45) is 5.90. The average Bonchev–Trinajstić information content (AvgIpc) is 3.11. The molecule has 0 spiro atoms. The zero-order chi connectivity index (χ0) is 20.3. The van der Waals surface area contributed by atoms with Crippen LogP contribution in [-0.2, 0) is 4.79 Å². The lowest BCUT2D eigenvalue weighted by molar-refractivity contribution is -0.384. The van der Waals surface area contributed by atoms with Gasteiger partial charge in [-0.25, -0.2) is 10.9 Å². The van der Waals surface area contributed by atoms with Crippen LogP contribution in [0.1, 0.15) is 52.0 Å². The van der Waals surface area contributed by atoms with E-state index in [4.69, 9.17) is 0 Å². The minimum atomic E-state index is -0.449. The fourth-order valence-corrected chi connectivity index (χ4v) is 4.24. The van der Waals surface area contributed by atoms with Crippen LogP contribution in [0.25, 0.3) is 0 Å². The number of nitro benzene ring substituents is 1. The molecule has 8 heteroatoms. The quantitative estimate of drug-likeness (QED) is 0.395. The minimum absolute atomic E-state index is 0.0234. The predicted octanol–water partition coefficient (Wildman–Crippen LogP) is 2.74. The van der Waals surface area contributed by atoms with E-state index in [0.717, 1.165) is 19.3 Å². The first-order valence-electron chi connectivity index (χ1n) is 9.90. The van der Waals surface area contributed by atoms with Crippen molar-refractivity contribution in [3.05, 3.63) is 39.9 Å². The Morgan fingerprint density at radius 1 is 1.32 bits per heavy atom. The molecule has 1 aromatic rings. The number of nitrogens with zero attached hydrogens (tertiary/aromatic N) is 2. The number of carbonyl (C=O) groups is 1. The molecule has 3 N–H and O–H groups in total. The number of fused-ring (bicyclic) bond motifs is 1. The number of hydrazine groups is 1. The molecule has 1 amide bonds. The van der Waals surface area contributed by atoms with E-state index in [1.54, 1.807) is 12.1 Å². The molecule has 1 aliphatic carbocycles. The monoisotopic (exact) mass is 387 g/mol. The van der Waals surface area contributed by atoms with Gasteiger partial charge in [0.1, 0.15) is 6.04 Å². The molecule has 1 heterocycles. The van der Waals surface area contributed by atoms with Crippen LogP contribution in [0.5, 0.6) is 0 Å². The summed E-state index contributed by atoms with van der Waals surface area (Å²) in [6.45, 7) is 6.86. The lowest BCUT2D eigenvalue weighted by Gasteiger charge is -2.41. The van der Waals surface area contributed by atoms with Gasteiger partial charge in [-0.3, -0.25) is 20.3 Å². The van der Waals surface area contributed by atoms with Crippen molar-refractivity contribution in [2.45, 2.75) is 58.5 Å². The van der Waals surface area contributed by atoms with E-state index < -0.39 is 4.92 Å². The minimum Gasteiger partial charge on any atom is -0.271 e. The van der Waals surface area contributed by atoms with Crippen molar-refractivity contribution < 1.29 is 9.72 Å². The number of carbonyl (C=O) groups excluding carboxylic acids is 1. The lowest BCUT2D eigenvalue weighted by Crippen LogP contribution is -2.45. The van der Waals surface area contributed by atoms with Crippen molar-refractivity contribution >= 4 is 17.8 Å². The van der Waals surface area contributed by atoms with Crippen LogP contribution in [-0.4, -0.2) is 29.1 Å². The van der Waals surface area contributed by atoms with E-state index in [2.05, 4.69) is 42.1 Å². The predicted molar refractivity (Wildman–Crippen MR) is 108 cm³/mol. The summed E-state index contributed by atoms with van der Waals surface area (Å²) in [5.74, 6) is 0.701. The van der Waals surface area contributed by atoms with Crippen molar-refractivity contribution in [3.8, 4) is 0 Å². The van der Waals surface area contributed by atoms with Gasteiger partial charge in [0.25, 0.3) is 11.6 Å². The van der Waals surface area contributed by atoms with Crippen molar-refractivity contribution in [1.29, 1.82) is 0 Å². The van der Waals surface area contributed by atoms with E-state index in [0.29, 0.717) is 17.5 Å². The van der Waals surface area contributed by atoms with Gasteiger partial charge in [0.15, 0.2) is 0 Å². The summed E-state index contributed by atoms with van der Waals surface area (Å²) < 4.78 is 0. The summed E-state index contributed by atoms with van der Waals surface area (Å²) in [5.41, 5.74) is 10.0. The number of nitrogens with one attached hydrogen (secondary N) is 3. The number of hydrogen-bond donors (Lipinski definition) is 3. The Morgan fingerprint density at radius 2 is 2.04 bits per heavy atom. The number of hydrogen-bond acceptors (Lipinski definition) is 6. The number of amides is 1. The molecule has 3 rings (SSSR count). The highest BCUT2D eigenvalue weighted by Crippen LogP contribution is 2.44. The highest BCUT2D eigenvalue weighted by molar-refractivity contribution is 5.85. The molecule has 152 valence electrons. The van der Waals surface area contributed by atoms with E-state index in [1.807, 2.05) is 0 Å². The third kappa shape index (κ3) is 4.39. The first-order valence-corrected chi connectivity index (χ1v) is 9.90. The molecule has 0 bridgehead atoms. The summed E-state index contributed by atoms with van der Waals surface area (Å²) in [6, 6.07) is 6.02. The van der Waals surface area contributed by atoms with Gasteiger partial charge in [0.2, 0.25) is 0 Å². The summed E-state index contributed by atoms with van der Waals surface area (Å²) in [7, 11) is 0. The fraction of sp³-hybridized carbons (Fsp3) is 0.600. The summed E-state index contributed by atoms with van der Waals surface area (Å²) in [4.78, 5) is 22.9. The molecule has 4 unspecified atom stereocenters. The van der Waals surface area contributed by atoms with Gasteiger partial charge in [-0.2, -0.15) is 5.10 Å². The molecule has 1 saturated carbocycles. The van der Waals surface area contributed by atoms with Crippen LogP contribution in [0.15, 0.2) is 29.4 Å². The smallest absolute Gasteiger partial charge is 0.269 e. The molecule has 8 nitrogen and oxygen atoms in total. The van der Waals surface area contributed by atoms with Crippen molar-refractivity contribution in [3.63, 3.8) is 0 Å². The molecule has 1 saturated heterocycles. The Hall–Kier alpha value is -2.32. The van der Waals surface area contributed by atoms with Gasteiger partial charge in [0.05, 0.1) is 11.1 Å². The fourth-order valence-electron chi connectivity index (χ4n) is 4.24. The van der Waals surface area contributed by atoms with Crippen molar-refractivity contribution in [2.75, 3.05) is 0 Å². The Bertz CT molecular complexity index is 747. The SMILES string of the molecule is CCC(C)(C)C1CCC2NNC(C(=O)N/N=C/c3ccc([N+](=O)[O-])cc3)C2C1. The van der Waals surface area contributed by atoms with Crippen molar-refractivity contribution in [2.24, 2.45) is 22.4 Å². The maximum Gasteiger partial charge on any atom is 0.269 e. The zero-order valence-electron chi connectivity index (χ0n) is 16.6. The highest BCUT2D eigenvalue weighted by atomic mass is 16.6. The molecule has 1 aromatic carbocycles. The maximum absolute atomic E-state index is 12.6. The second kappa shape index (κ2) is 8.36. The van der Waals surface area contributed by atoms with Crippen LogP contribution in [0.3, 0.4) is 0 Å². The molecule has 28 heavy (non-hydrogen) atoms. The van der Waals surface area contributed by atoms with Gasteiger partial charge >= 0.3 is 0 Å². The largest absolute Gasteiger partial charge is 0.271 e. The normalized spacial score (nSPS) is 27.5. The molecular weight excluding hydrogens is 358 g/mol. The third-order valence-corrected chi connectivity index (χ3v) is 6.54. The van der Waals surface area contributed by atoms with Crippen LogP contribution >= 0.6 is 0 Å². The molecule has 0 radical (unpaired) electrons. The Balaban J connectivity index is 1.58. The summed E-state index contributed by atoms with van der Waals surface area (Å²) >= 11 is 0. The molecular formula is C20H29N5O3. The maximum atomic E-state index is 12.6. The first-order chi connectivity index (χ1) is 13.3. The van der Waals surface area contributed by atoms with Gasteiger partial charge in [-0.1, -0.05) is 27.2 Å². The average molecular weight is 387 g/mol. The highest BCUT2D eigenvalue weighted by Gasteiger charge is 2.46. The third-order valence-electron chi connectivity index (χ3n) is 6.54. The Kier molecular flexibility index (Phi) is 6.10. The molecule has 2 aliphatic rings. The standard InChI is InChI=1S/C20H29N5O3/c1-4-20(2,3)14-7-10-17-16(11-14)18(23-22-17)19(26)24-21-12-13-5-8-15(9-6-13)25(27)28/h5-6,8-9,12,14,16-18,22-23H,4,7,10-11H2,1-3H3,(H,24,26)/b21-12+. The van der Waals surface area contributed by atoms with Gasteiger partial charge in [-0.15, -0.1) is 0 Å². The van der Waals surface area contributed by atoms with Gasteiger partial charge in [0, 0.05) is 24.1 Å². The van der Waals surface area contributed by atoms with E-state index >= 15 is 0 Å². The topological polar surface area (TPSA) is 109 Å². The van der Waals surface area contributed by atoms with Gasteiger partial charge < -0.3 is 0 Å². The molecule has 4 atom stereocenters. The van der Waals surface area contributed by atoms with Crippen LogP contribution < -0.4 is 16.3 Å². The Morgan fingerprint density at radius 3 is 2.68 bits per heavy atom.